The van der Waals surface area contributed by atoms with E-state index in [1.807, 2.05) is 0 Å². The molecule has 0 aromatic heterocycles. The summed E-state index contributed by atoms with van der Waals surface area (Å²) < 4.78 is 39.5. The Balaban J connectivity index is 2.92. The Hall–Kier alpha value is -1.60. The first-order chi connectivity index (χ1) is 8.34. The first-order valence-corrected chi connectivity index (χ1v) is 5.08. The van der Waals surface area contributed by atoms with E-state index in [9.17, 15) is 28.2 Å². The highest BCUT2D eigenvalue weighted by Gasteiger charge is 2.27. The number of rotatable bonds is 4. The molecular weight excluding hydrogens is 251 g/mol. The minimum atomic E-state index is -1.98. The van der Waals surface area contributed by atoms with E-state index in [4.69, 9.17) is 0 Å². The smallest absolute Gasteiger partial charge is 0.216 e. The Morgan fingerprint density at radius 1 is 1.28 bits per heavy atom. The fourth-order valence-corrected chi connectivity index (χ4v) is 1.37. The Labute approximate surface area is 101 Å². The van der Waals surface area contributed by atoms with Crippen molar-refractivity contribution in [3.8, 4) is 0 Å². The van der Waals surface area contributed by atoms with Gasteiger partial charge in [-0.25, -0.2) is 13.2 Å². The number of hydrogen-bond acceptors (Lipinski definition) is 3. The second-order valence-corrected chi connectivity index (χ2v) is 3.71. The van der Waals surface area contributed by atoms with Crippen molar-refractivity contribution in [2.24, 2.45) is 0 Å². The number of halogens is 3. The summed E-state index contributed by atoms with van der Waals surface area (Å²) in [7, 11) is 0. The maximum atomic E-state index is 13.3. The van der Waals surface area contributed by atoms with Crippen LogP contribution in [-0.2, 0) is 4.79 Å². The lowest BCUT2D eigenvalue weighted by Crippen LogP contribution is -2.35. The third kappa shape index (κ3) is 3.21. The Morgan fingerprint density at radius 2 is 1.83 bits per heavy atom. The minimum Gasteiger partial charge on any atom is -0.388 e. The van der Waals surface area contributed by atoms with E-state index >= 15 is 0 Å². The number of amides is 1. The van der Waals surface area contributed by atoms with Crippen molar-refractivity contribution in [2.75, 3.05) is 6.54 Å². The molecule has 18 heavy (non-hydrogen) atoms. The van der Waals surface area contributed by atoms with Crippen LogP contribution in [0.5, 0.6) is 0 Å². The van der Waals surface area contributed by atoms with Crippen LogP contribution in [0, 0.1) is 17.5 Å². The zero-order chi connectivity index (χ0) is 13.9. The molecule has 2 unspecified atom stereocenters. The molecule has 3 N–H and O–H groups in total. The number of benzene rings is 1. The number of carbonyl (C=O) groups is 1. The Morgan fingerprint density at radius 3 is 2.39 bits per heavy atom. The largest absolute Gasteiger partial charge is 0.388 e. The second kappa shape index (κ2) is 5.83. The zero-order valence-corrected chi connectivity index (χ0v) is 9.45. The van der Waals surface area contributed by atoms with Gasteiger partial charge in [0.2, 0.25) is 5.91 Å². The van der Waals surface area contributed by atoms with Crippen molar-refractivity contribution >= 4 is 5.91 Å². The van der Waals surface area contributed by atoms with Crippen LogP contribution in [0.2, 0.25) is 0 Å². The predicted octanol–water partition coefficient (Wildman–Crippen LogP) is 0.634. The van der Waals surface area contributed by atoms with E-state index in [1.165, 1.54) is 6.92 Å². The van der Waals surface area contributed by atoms with E-state index < -0.39 is 47.7 Å². The molecule has 0 saturated carbocycles. The molecule has 1 rings (SSSR count). The van der Waals surface area contributed by atoms with E-state index in [0.717, 1.165) is 0 Å². The third-order valence-corrected chi connectivity index (χ3v) is 2.30. The lowest BCUT2D eigenvalue weighted by molar-refractivity contribution is -0.119. The van der Waals surface area contributed by atoms with Gasteiger partial charge >= 0.3 is 0 Å². The monoisotopic (exact) mass is 263 g/mol. The molecule has 0 spiro atoms. The van der Waals surface area contributed by atoms with E-state index in [2.05, 4.69) is 5.32 Å². The maximum Gasteiger partial charge on any atom is 0.216 e. The highest BCUT2D eigenvalue weighted by atomic mass is 19.2. The molecule has 2 atom stereocenters. The summed E-state index contributed by atoms with van der Waals surface area (Å²) in [5.41, 5.74) is -0.965. The van der Waals surface area contributed by atoms with E-state index in [1.54, 1.807) is 0 Å². The normalized spacial score (nSPS) is 14.1. The summed E-state index contributed by atoms with van der Waals surface area (Å²) in [4.78, 5) is 10.6. The van der Waals surface area contributed by atoms with Gasteiger partial charge in [0.05, 0.1) is 5.56 Å². The van der Waals surface area contributed by atoms with E-state index in [0.29, 0.717) is 12.1 Å². The fourth-order valence-electron chi connectivity index (χ4n) is 1.37. The third-order valence-electron chi connectivity index (χ3n) is 2.30. The Bertz CT molecular complexity index is 453. The van der Waals surface area contributed by atoms with Crippen LogP contribution in [0.4, 0.5) is 13.2 Å². The van der Waals surface area contributed by atoms with Gasteiger partial charge in [-0.2, -0.15) is 0 Å². The molecule has 1 amide bonds. The molecule has 4 nitrogen and oxygen atoms in total. The van der Waals surface area contributed by atoms with Crippen LogP contribution in [0.25, 0.3) is 0 Å². The second-order valence-electron chi connectivity index (χ2n) is 3.71. The van der Waals surface area contributed by atoms with Gasteiger partial charge in [-0.1, -0.05) is 0 Å². The number of aliphatic hydroxyl groups excluding tert-OH is 2. The molecule has 0 aliphatic rings. The summed E-state index contributed by atoms with van der Waals surface area (Å²) in [6, 6.07) is 1.21. The summed E-state index contributed by atoms with van der Waals surface area (Å²) in [6.45, 7) is 0.758. The molecule has 1 aromatic rings. The van der Waals surface area contributed by atoms with Gasteiger partial charge < -0.3 is 15.5 Å². The molecule has 0 heterocycles. The Kier molecular flexibility index (Phi) is 4.69. The number of aliphatic hydroxyl groups is 2. The van der Waals surface area contributed by atoms with Crippen molar-refractivity contribution in [3.05, 3.63) is 35.1 Å². The average molecular weight is 263 g/mol. The molecule has 1 aromatic carbocycles. The molecule has 0 aliphatic heterocycles. The molecule has 0 radical (unpaired) electrons. The van der Waals surface area contributed by atoms with Gasteiger partial charge in [0, 0.05) is 13.5 Å². The van der Waals surface area contributed by atoms with E-state index in [-0.39, 0.29) is 0 Å². The van der Waals surface area contributed by atoms with Crippen molar-refractivity contribution in [3.63, 3.8) is 0 Å². The lowest BCUT2D eigenvalue weighted by atomic mass is 10.0. The van der Waals surface area contributed by atoms with Gasteiger partial charge in [-0.15, -0.1) is 0 Å². The standard InChI is InChI=1S/C11H12F3NO3/c1-5(16)15-4-8(17)11(18)9-6(12)2-3-7(13)10(9)14/h2-3,8,11,17-18H,4H2,1H3,(H,15,16). The first-order valence-electron chi connectivity index (χ1n) is 5.08. The van der Waals surface area contributed by atoms with Crippen LogP contribution in [-0.4, -0.2) is 28.8 Å². The number of nitrogens with one attached hydrogen (secondary N) is 1. The SMILES string of the molecule is CC(=O)NCC(O)C(O)c1c(F)ccc(F)c1F. The van der Waals surface area contributed by atoms with Crippen LogP contribution < -0.4 is 5.32 Å². The highest BCUT2D eigenvalue weighted by Crippen LogP contribution is 2.25. The van der Waals surface area contributed by atoms with Gasteiger partial charge in [-0.05, 0) is 12.1 Å². The highest BCUT2D eigenvalue weighted by molar-refractivity contribution is 5.72. The fraction of sp³-hybridized carbons (Fsp3) is 0.364. The average Bonchev–Trinajstić information content (AvgIpc) is 2.31. The molecule has 0 bridgehead atoms. The molecule has 7 heteroatoms. The van der Waals surface area contributed by atoms with Gasteiger partial charge in [0.1, 0.15) is 18.0 Å². The molecule has 0 aliphatic carbocycles. The summed E-state index contributed by atoms with van der Waals surface area (Å²) in [5, 5.41) is 21.1. The van der Waals surface area contributed by atoms with Gasteiger partial charge in [-0.3, -0.25) is 4.79 Å². The van der Waals surface area contributed by atoms with Crippen molar-refractivity contribution in [2.45, 2.75) is 19.1 Å². The number of carbonyl (C=O) groups excluding carboxylic acids is 1. The van der Waals surface area contributed by atoms with Gasteiger partial charge in [0.25, 0.3) is 0 Å². The zero-order valence-electron chi connectivity index (χ0n) is 9.45. The minimum absolute atomic E-state index is 0.411. The van der Waals surface area contributed by atoms with Crippen molar-refractivity contribution < 1.29 is 28.2 Å². The molecule has 100 valence electrons. The maximum absolute atomic E-state index is 13.3. The van der Waals surface area contributed by atoms with Crippen molar-refractivity contribution in [1.82, 2.24) is 5.32 Å². The van der Waals surface area contributed by atoms with Crippen LogP contribution in [0.3, 0.4) is 0 Å². The molecule has 0 fully saturated rings. The molecular formula is C11H12F3NO3. The van der Waals surface area contributed by atoms with Crippen LogP contribution >= 0.6 is 0 Å². The summed E-state index contributed by atoms with van der Waals surface area (Å²) in [5.74, 6) is -4.56. The van der Waals surface area contributed by atoms with Crippen molar-refractivity contribution in [1.29, 1.82) is 0 Å². The molecule has 0 saturated heterocycles. The van der Waals surface area contributed by atoms with Crippen LogP contribution in [0.1, 0.15) is 18.6 Å². The topological polar surface area (TPSA) is 69.6 Å². The lowest BCUT2D eigenvalue weighted by Gasteiger charge is -2.19. The first kappa shape index (κ1) is 14.5. The van der Waals surface area contributed by atoms with Gasteiger partial charge in [0.15, 0.2) is 11.6 Å². The summed E-state index contributed by atoms with van der Waals surface area (Å²) >= 11 is 0. The quantitative estimate of drug-likeness (QED) is 0.698. The predicted molar refractivity (Wildman–Crippen MR) is 56.0 cm³/mol. The summed E-state index contributed by atoms with van der Waals surface area (Å²) in [6.07, 6.45) is -3.63. The van der Waals surface area contributed by atoms with Crippen LogP contribution in [0.15, 0.2) is 12.1 Å². The number of hydrogen-bond donors (Lipinski definition) is 3.